The van der Waals surface area contributed by atoms with Crippen molar-refractivity contribution in [3.8, 4) is 11.1 Å². The Bertz CT molecular complexity index is 904. The minimum atomic E-state index is -0.737. The molecule has 0 saturated carbocycles. The van der Waals surface area contributed by atoms with E-state index in [1.807, 2.05) is 30.3 Å². The average molecular weight is 391 g/mol. The van der Waals surface area contributed by atoms with Gasteiger partial charge in [-0.1, -0.05) is 53.5 Å². The monoisotopic (exact) mass is 390 g/mol. The van der Waals surface area contributed by atoms with Crippen molar-refractivity contribution >= 4 is 34.0 Å². The zero-order valence-corrected chi connectivity index (χ0v) is 15.6. The minimum absolute atomic E-state index is 0.0565. The highest BCUT2D eigenvalue weighted by molar-refractivity contribution is 6.39. The van der Waals surface area contributed by atoms with Crippen LogP contribution in [0.2, 0.25) is 10.0 Å². The van der Waals surface area contributed by atoms with E-state index in [0.717, 1.165) is 33.0 Å². The molecule has 0 spiro atoms. The van der Waals surface area contributed by atoms with Gasteiger partial charge >= 0.3 is 0 Å². The molecule has 0 aromatic heterocycles. The summed E-state index contributed by atoms with van der Waals surface area (Å²) in [4.78, 5) is 0. The lowest BCUT2D eigenvalue weighted by Crippen LogP contribution is -2.12. The topological polar surface area (TPSA) is 60.7 Å². The predicted octanol–water partition coefficient (Wildman–Crippen LogP) is 4.59. The van der Waals surface area contributed by atoms with E-state index in [-0.39, 0.29) is 13.2 Å². The number of benzene rings is 3. The summed E-state index contributed by atoms with van der Waals surface area (Å²) < 4.78 is 0. The van der Waals surface area contributed by atoms with Crippen molar-refractivity contribution in [3.63, 3.8) is 0 Å². The van der Waals surface area contributed by atoms with Crippen molar-refractivity contribution < 1.29 is 15.3 Å². The van der Waals surface area contributed by atoms with E-state index >= 15 is 0 Å². The molecule has 0 aliphatic rings. The van der Waals surface area contributed by atoms with Crippen molar-refractivity contribution in [2.24, 2.45) is 0 Å². The maximum absolute atomic E-state index is 9.66. The van der Waals surface area contributed by atoms with Crippen LogP contribution in [0.1, 0.15) is 17.5 Å². The van der Waals surface area contributed by atoms with Crippen molar-refractivity contribution in [2.45, 2.75) is 25.6 Å². The molecule has 3 N–H and O–H groups in total. The largest absolute Gasteiger partial charge is 0.394 e. The van der Waals surface area contributed by atoms with Gasteiger partial charge < -0.3 is 15.3 Å². The van der Waals surface area contributed by atoms with Gasteiger partial charge in [0.05, 0.1) is 19.3 Å². The molecule has 0 heterocycles. The SMILES string of the molecule is OCc1ccc2c(CCC(O)CO)ccc(-c3c(Cl)cccc3Cl)c2c1. The van der Waals surface area contributed by atoms with Crippen LogP contribution in [0.3, 0.4) is 0 Å². The Kier molecular flexibility index (Phi) is 6.17. The van der Waals surface area contributed by atoms with Crippen LogP contribution in [-0.2, 0) is 13.0 Å². The Balaban J connectivity index is 2.19. The standard InChI is InChI=1S/C21H20Cl2O3/c22-19-2-1-3-20(23)21(19)17-9-6-14(5-7-15(26)12-25)16-8-4-13(11-24)10-18(16)17/h1-4,6,8-10,15,24-26H,5,7,11-12H2. The molecule has 0 aliphatic carbocycles. The van der Waals surface area contributed by atoms with Gasteiger partial charge in [-0.15, -0.1) is 0 Å². The Labute approximate surface area is 162 Å². The van der Waals surface area contributed by atoms with Crippen molar-refractivity contribution in [1.29, 1.82) is 0 Å². The van der Waals surface area contributed by atoms with Gasteiger partial charge in [0.25, 0.3) is 0 Å². The molecular weight excluding hydrogens is 371 g/mol. The van der Waals surface area contributed by atoms with Gasteiger partial charge in [-0.05, 0) is 58.5 Å². The van der Waals surface area contributed by atoms with Gasteiger partial charge in [-0.25, -0.2) is 0 Å². The van der Waals surface area contributed by atoms with Crippen LogP contribution in [0.15, 0.2) is 48.5 Å². The second-order valence-electron chi connectivity index (χ2n) is 6.28. The normalized spacial score (nSPS) is 12.5. The van der Waals surface area contributed by atoms with Crippen LogP contribution in [0.5, 0.6) is 0 Å². The number of rotatable bonds is 6. The summed E-state index contributed by atoms with van der Waals surface area (Å²) >= 11 is 12.8. The number of fused-ring (bicyclic) bond motifs is 1. The number of aliphatic hydroxyl groups excluding tert-OH is 3. The molecular formula is C21H20Cl2O3. The first kappa shape index (κ1) is 19.2. The fourth-order valence-electron chi connectivity index (χ4n) is 3.16. The lowest BCUT2D eigenvalue weighted by Gasteiger charge is -2.15. The first-order chi connectivity index (χ1) is 12.5. The Hall–Kier alpha value is -1.62. The molecule has 0 amide bonds. The smallest absolute Gasteiger partial charge is 0.0774 e. The highest BCUT2D eigenvalue weighted by atomic mass is 35.5. The lowest BCUT2D eigenvalue weighted by molar-refractivity contribution is 0.0886. The highest BCUT2D eigenvalue weighted by Gasteiger charge is 2.14. The van der Waals surface area contributed by atoms with Gasteiger partial charge in [0.2, 0.25) is 0 Å². The van der Waals surface area contributed by atoms with Crippen LogP contribution in [0.25, 0.3) is 21.9 Å². The first-order valence-corrected chi connectivity index (χ1v) is 9.19. The third kappa shape index (κ3) is 3.88. The second-order valence-corrected chi connectivity index (χ2v) is 7.10. The minimum Gasteiger partial charge on any atom is -0.394 e. The Morgan fingerprint density at radius 2 is 1.62 bits per heavy atom. The predicted molar refractivity (Wildman–Crippen MR) is 107 cm³/mol. The number of aliphatic hydroxyl groups is 3. The molecule has 0 fully saturated rings. The molecule has 3 rings (SSSR count). The van der Waals surface area contributed by atoms with Crippen LogP contribution in [-0.4, -0.2) is 28.0 Å². The fourth-order valence-corrected chi connectivity index (χ4v) is 3.76. The van der Waals surface area contributed by atoms with Crippen molar-refractivity contribution in [3.05, 3.63) is 69.7 Å². The summed E-state index contributed by atoms with van der Waals surface area (Å²) in [5.74, 6) is 0. The number of aryl methyl sites for hydroxylation is 1. The van der Waals surface area contributed by atoms with E-state index in [9.17, 15) is 10.2 Å². The third-order valence-electron chi connectivity index (χ3n) is 4.54. The van der Waals surface area contributed by atoms with Crippen molar-refractivity contribution in [1.82, 2.24) is 0 Å². The molecule has 26 heavy (non-hydrogen) atoms. The van der Waals surface area contributed by atoms with Gasteiger partial charge in [-0.3, -0.25) is 0 Å². The zero-order valence-electron chi connectivity index (χ0n) is 14.1. The summed E-state index contributed by atoms with van der Waals surface area (Å²) in [6.07, 6.45) is 0.367. The summed E-state index contributed by atoms with van der Waals surface area (Å²) in [7, 11) is 0. The van der Waals surface area contributed by atoms with Crippen LogP contribution in [0, 0.1) is 0 Å². The number of halogens is 2. The molecule has 0 saturated heterocycles. The van der Waals surface area contributed by atoms with Crippen LogP contribution >= 0.6 is 23.2 Å². The van der Waals surface area contributed by atoms with E-state index in [1.165, 1.54) is 0 Å². The zero-order chi connectivity index (χ0) is 18.7. The Morgan fingerprint density at radius 1 is 0.885 bits per heavy atom. The summed E-state index contributed by atoms with van der Waals surface area (Å²) in [5.41, 5.74) is 3.52. The van der Waals surface area contributed by atoms with Crippen molar-refractivity contribution in [2.75, 3.05) is 6.61 Å². The highest BCUT2D eigenvalue weighted by Crippen LogP contribution is 2.39. The van der Waals surface area contributed by atoms with Crippen LogP contribution in [0.4, 0.5) is 0 Å². The molecule has 0 aliphatic heterocycles. The van der Waals surface area contributed by atoms with E-state index in [0.29, 0.717) is 22.9 Å². The molecule has 3 aromatic carbocycles. The molecule has 1 atom stereocenters. The quantitative estimate of drug-likeness (QED) is 0.576. The summed E-state index contributed by atoms with van der Waals surface area (Å²) in [6.45, 7) is -0.307. The summed E-state index contributed by atoms with van der Waals surface area (Å²) in [6, 6.07) is 15.2. The molecule has 1 unspecified atom stereocenters. The number of hydrogen-bond donors (Lipinski definition) is 3. The molecule has 5 heteroatoms. The summed E-state index contributed by atoms with van der Waals surface area (Å²) in [5, 5.41) is 31.3. The molecule has 3 aromatic rings. The lowest BCUT2D eigenvalue weighted by atomic mass is 9.91. The molecule has 136 valence electrons. The van der Waals surface area contributed by atoms with E-state index in [1.54, 1.807) is 18.2 Å². The molecule has 0 bridgehead atoms. The van der Waals surface area contributed by atoms with E-state index < -0.39 is 6.10 Å². The third-order valence-corrected chi connectivity index (χ3v) is 5.17. The van der Waals surface area contributed by atoms with Gasteiger partial charge in [-0.2, -0.15) is 0 Å². The number of hydrogen-bond acceptors (Lipinski definition) is 3. The average Bonchev–Trinajstić information content (AvgIpc) is 2.66. The first-order valence-electron chi connectivity index (χ1n) is 8.43. The Morgan fingerprint density at radius 3 is 2.27 bits per heavy atom. The molecule has 3 nitrogen and oxygen atoms in total. The van der Waals surface area contributed by atoms with E-state index in [2.05, 4.69) is 0 Å². The van der Waals surface area contributed by atoms with Gasteiger partial charge in [0.1, 0.15) is 0 Å². The van der Waals surface area contributed by atoms with E-state index in [4.69, 9.17) is 28.3 Å². The fraction of sp³-hybridized carbons (Fsp3) is 0.238. The second kappa shape index (κ2) is 8.38. The maximum Gasteiger partial charge on any atom is 0.0774 e. The van der Waals surface area contributed by atoms with Crippen LogP contribution < -0.4 is 0 Å². The molecule has 0 radical (unpaired) electrons. The maximum atomic E-state index is 9.66. The van der Waals surface area contributed by atoms with Gasteiger partial charge in [0, 0.05) is 15.6 Å². The van der Waals surface area contributed by atoms with Gasteiger partial charge in [0.15, 0.2) is 0 Å².